The molecule has 0 amide bonds. The van der Waals surface area contributed by atoms with Crippen LogP contribution in [0, 0.1) is 12.8 Å². The maximum absolute atomic E-state index is 12.3. The molecule has 1 rings (SSSR count). The van der Waals surface area contributed by atoms with E-state index >= 15 is 0 Å². The van der Waals surface area contributed by atoms with Gasteiger partial charge in [-0.05, 0) is 30.9 Å². The average Bonchev–Trinajstić information content (AvgIpc) is 2.05. The third-order valence-electron chi connectivity index (χ3n) is 2.11. The number of alkyl halides is 3. The third-order valence-corrected chi connectivity index (χ3v) is 2.11. The van der Waals surface area contributed by atoms with Gasteiger partial charge in [-0.1, -0.05) is 19.9 Å². The molecule has 0 aliphatic rings. The molecule has 0 N–H and O–H groups in total. The van der Waals surface area contributed by atoms with Gasteiger partial charge in [0.25, 0.3) is 0 Å². The minimum absolute atomic E-state index is 0.419. The van der Waals surface area contributed by atoms with Gasteiger partial charge in [0.15, 0.2) is 0 Å². The van der Waals surface area contributed by atoms with E-state index < -0.39 is 11.9 Å². The molecule has 1 aromatic rings. The fraction of sp³-hybridized carbons (Fsp3) is 0.545. The maximum Gasteiger partial charge on any atom is 0.433 e. The van der Waals surface area contributed by atoms with Gasteiger partial charge in [-0.3, -0.25) is 0 Å². The van der Waals surface area contributed by atoms with Crippen LogP contribution < -0.4 is 0 Å². The molecule has 4 heteroatoms. The Bertz CT molecular complexity index is 342. The molecule has 1 nitrogen and oxygen atoms in total. The zero-order valence-electron chi connectivity index (χ0n) is 9.02. The SMILES string of the molecule is Cc1nc(C(F)(F)F)ccc1CC(C)C. The van der Waals surface area contributed by atoms with E-state index in [2.05, 4.69) is 4.98 Å². The minimum Gasteiger partial charge on any atom is -0.248 e. The van der Waals surface area contributed by atoms with Gasteiger partial charge >= 0.3 is 6.18 Å². The van der Waals surface area contributed by atoms with Crippen LogP contribution in [0.4, 0.5) is 13.2 Å². The highest BCUT2D eigenvalue weighted by Crippen LogP contribution is 2.28. The molecule has 0 aromatic carbocycles. The molecular weight excluding hydrogens is 203 g/mol. The lowest BCUT2D eigenvalue weighted by molar-refractivity contribution is -0.141. The maximum atomic E-state index is 12.3. The Morgan fingerprint density at radius 2 is 1.87 bits per heavy atom. The van der Waals surface area contributed by atoms with Crippen molar-refractivity contribution < 1.29 is 13.2 Å². The molecule has 0 atom stereocenters. The first-order valence-electron chi connectivity index (χ1n) is 4.84. The lowest BCUT2D eigenvalue weighted by Gasteiger charge is -2.11. The molecule has 15 heavy (non-hydrogen) atoms. The predicted octanol–water partition coefficient (Wildman–Crippen LogP) is 3.61. The third kappa shape index (κ3) is 3.22. The van der Waals surface area contributed by atoms with Crippen LogP contribution in [-0.4, -0.2) is 4.98 Å². The molecule has 1 aromatic heterocycles. The summed E-state index contributed by atoms with van der Waals surface area (Å²) in [5.74, 6) is 0.419. The summed E-state index contributed by atoms with van der Waals surface area (Å²) in [7, 11) is 0. The first-order valence-corrected chi connectivity index (χ1v) is 4.84. The number of hydrogen-bond donors (Lipinski definition) is 0. The number of pyridine rings is 1. The Labute approximate surface area is 87.3 Å². The number of aromatic nitrogens is 1. The van der Waals surface area contributed by atoms with Gasteiger partial charge in [0.05, 0.1) is 0 Å². The summed E-state index contributed by atoms with van der Waals surface area (Å²) in [6.07, 6.45) is -3.59. The Hall–Kier alpha value is -1.06. The van der Waals surface area contributed by atoms with Crippen LogP contribution in [0.25, 0.3) is 0 Å². The largest absolute Gasteiger partial charge is 0.433 e. The summed E-state index contributed by atoms with van der Waals surface area (Å²) >= 11 is 0. The van der Waals surface area contributed by atoms with Gasteiger partial charge < -0.3 is 0 Å². The first-order chi connectivity index (χ1) is 6.80. The average molecular weight is 217 g/mol. The van der Waals surface area contributed by atoms with Gasteiger partial charge in [0, 0.05) is 5.69 Å². The van der Waals surface area contributed by atoms with Crippen molar-refractivity contribution in [1.82, 2.24) is 4.98 Å². The van der Waals surface area contributed by atoms with Gasteiger partial charge in [0.1, 0.15) is 5.69 Å². The van der Waals surface area contributed by atoms with Crippen LogP contribution in [-0.2, 0) is 12.6 Å². The van der Waals surface area contributed by atoms with E-state index in [9.17, 15) is 13.2 Å². The van der Waals surface area contributed by atoms with Crippen molar-refractivity contribution in [1.29, 1.82) is 0 Å². The summed E-state index contributed by atoms with van der Waals surface area (Å²) in [4.78, 5) is 3.57. The number of nitrogens with zero attached hydrogens (tertiary/aromatic N) is 1. The van der Waals surface area contributed by atoms with E-state index in [1.54, 1.807) is 6.92 Å². The molecule has 0 saturated carbocycles. The van der Waals surface area contributed by atoms with E-state index in [1.165, 1.54) is 6.07 Å². The zero-order chi connectivity index (χ0) is 11.6. The summed E-state index contributed by atoms with van der Waals surface area (Å²) in [6.45, 7) is 5.67. The molecular formula is C11H14F3N. The molecule has 0 aliphatic heterocycles. The van der Waals surface area contributed by atoms with Crippen LogP contribution in [0.15, 0.2) is 12.1 Å². The molecule has 0 spiro atoms. The second kappa shape index (κ2) is 4.21. The monoisotopic (exact) mass is 217 g/mol. The fourth-order valence-corrected chi connectivity index (χ4v) is 1.40. The summed E-state index contributed by atoms with van der Waals surface area (Å²) in [5, 5.41) is 0. The lowest BCUT2D eigenvalue weighted by Crippen LogP contribution is -2.10. The van der Waals surface area contributed by atoms with Crippen molar-refractivity contribution in [3.63, 3.8) is 0 Å². The smallest absolute Gasteiger partial charge is 0.248 e. The minimum atomic E-state index is -4.35. The second-order valence-electron chi connectivity index (χ2n) is 4.04. The quantitative estimate of drug-likeness (QED) is 0.737. The molecule has 0 saturated heterocycles. The van der Waals surface area contributed by atoms with Crippen LogP contribution >= 0.6 is 0 Å². The van der Waals surface area contributed by atoms with Gasteiger partial charge in [-0.15, -0.1) is 0 Å². The topological polar surface area (TPSA) is 12.9 Å². The summed E-state index contributed by atoms with van der Waals surface area (Å²) in [5.41, 5.74) is 0.545. The Balaban J connectivity index is 2.98. The van der Waals surface area contributed by atoms with Crippen molar-refractivity contribution in [2.45, 2.75) is 33.4 Å². The van der Waals surface area contributed by atoms with Crippen molar-refractivity contribution in [2.24, 2.45) is 5.92 Å². The van der Waals surface area contributed by atoms with Crippen LogP contribution in [0.1, 0.15) is 30.8 Å². The Morgan fingerprint density at radius 3 is 2.27 bits per heavy atom. The van der Waals surface area contributed by atoms with Crippen LogP contribution in [0.2, 0.25) is 0 Å². The van der Waals surface area contributed by atoms with Crippen molar-refractivity contribution in [3.8, 4) is 0 Å². The van der Waals surface area contributed by atoms with E-state index in [-0.39, 0.29) is 0 Å². The van der Waals surface area contributed by atoms with Gasteiger partial charge in [-0.25, -0.2) is 4.98 Å². The first kappa shape index (κ1) is 12.0. The zero-order valence-corrected chi connectivity index (χ0v) is 9.02. The van der Waals surface area contributed by atoms with E-state index in [0.29, 0.717) is 11.6 Å². The molecule has 84 valence electrons. The molecule has 0 bridgehead atoms. The molecule has 0 aliphatic carbocycles. The fourth-order valence-electron chi connectivity index (χ4n) is 1.40. The van der Waals surface area contributed by atoms with E-state index in [0.717, 1.165) is 18.1 Å². The number of hydrogen-bond acceptors (Lipinski definition) is 1. The van der Waals surface area contributed by atoms with Crippen molar-refractivity contribution in [2.75, 3.05) is 0 Å². The van der Waals surface area contributed by atoms with E-state index in [4.69, 9.17) is 0 Å². The second-order valence-corrected chi connectivity index (χ2v) is 4.04. The summed E-state index contributed by atoms with van der Waals surface area (Å²) in [6, 6.07) is 2.57. The van der Waals surface area contributed by atoms with Gasteiger partial charge in [-0.2, -0.15) is 13.2 Å². The van der Waals surface area contributed by atoms with Crippen molar-refractivity contribution in [3.05, 3.63) is 29.1 Å². The highest BCUT2D eigenvalue weighted by molar-refractivity contribution is 5.23. The Kier molecular flexibility index (Phi) is 3.37. The molecule has 0 fully saturated rings. The highest BCUT2D eigenvalue weighted by atomic mass is 19.4. The van der Waals surface area contributed by atoms with Crippen LogP contribution in [0.5, 0.6) is 0 Å². The number of halogens is 3. The van der Waals surface area contributed by atoms with Crippen molar-refractivity contribution >= 4 is 0 Å². The predicted molar refractivity (Wildman–Crippen MR) is 52.5 cm³/mol. The number of rotatable bonds is 2. The van der Waals surface area contributed by atoms with Crippen LogP contribution in [0.3, 0.4) is 0 Å². The molecule has 0 unspecified atom stereocenters. The Morgan fingerprint density at radius 1 is 1.27 bits per heavy atom. The molecule has 0 radical (unpaired) electrons. The standard InChI is InChI=1S/C11H14F3N/c1-7(2)6-9-4-5-10(11(12,13)14)15-8(9)3/h4-5,7H,6H2,1-3H3. The van der Waals surface area contributed by atoms with Gasteiger partial charge in [0.2, 0.25) is 0 Å². The molecule has 1 heterocycles. The lowest BCUT2D eigenvalue weighted by atomic mass is 10.0. The highest BCUT2D eigenvalue weighted by Gasteiger charge is 2.32. The normalized spacial score (nSPS) is 12.2. The number of aryl methyl sites for hydroxylation is 1. The summed E-state index contributed by atoms with van der Waals surface area (Å²) < 4.78 is 36.9. The van der Waals surface area contributed by atoms with E-state index in [1.807, 2.05) is 13.8 Å².